The van der Waals surface area contributed by atoms with Crippen molar-refractivity contribution in [1.82, 2.24) is 4.98 Å². The van der Waals surface area contributed by atoms with E-state index in [0.717, 1.165) is 50.1 Å². The van der Waals surface area contributed by atoms with Gasteiger partial charge in [-0.1, -0.05) is 89.6 Å². The van der Waals surface area contributed by atoms with E-state index in [1.807, 2.05) is 0 Å². The van der Waals surface area contributed by atoms with Crippen LogP contribution >= 0.6 is 0 Å². The summed E-state index contributed by atoms with van der Waals surface area (Å²) in [5.74, 6) is 1.32. The van der Waals surface area contributed by atoms with E-state index in [4.69, 9.17) is 4.98 Å². The van der Waals surface area contributed by atoms with E-state index >= 15 is 0 Å². The minimum absolute atomic E-state index is 0.0823. The van der Waals surface area contributed by atoms with E-state index in [1.54, 1.807) is 0 Å². The van der Waals surface area contributed by atoms with E-state index in [0.29, 0.717) is 5.92 Å². The fourth-order valence-corrected chi connectivity index (χ4v) is 5.43. The lowest BCUT2D eigenvalue weighted by atomic mass is 9.67. The summed E-state index contributed by atoms with van der Waals surface area (Å²) >= 11 is 0. The van der Waals surface area contributed by atoms with Gasteiger partial charge in [-0.25, -0.2) is 0 Å². The third-order valence-corrected chi connectivity index (χ3v) is 8.31. The van der Waals surface area contributed by atoms with Gasteiger partial charge in [-0.15, -0.1) is 0 Å². The van der Waals surface area contributed by atoms with E-state index < -0.39 is 0 Å². The van der Waals surface area contributed by atoms with E-state index in [9.17, 15) is 5.26 Å². The molecule has 3 rings (SSSR count). The number of benzene rings is 1. The van der Waals surface area contributed by atoms with Crippen LogP contribution in [0.5, 0.6) is 0 Å². The maximum Gasteiger partial charge on any atom is 0.0702 e. The molecule has 1 aliphatic carbocycles. The summed E-state index contributed by atoms with van der Waals surface area (Å²) in [4.78, 5) is 4.76. The topological polar surface area (TPSA) is 36.7 Å². The SMILES string of the molecule is CCCCCCCCc1ccc(-c2ccc(C3CCC(C#N)(CC[C@@H](C)CC)CC3)cc2)nc1. The zero-order chi connectivity index (χ0) is 24.2. The number of nitriles is 1. The number of aromatic nitrogens is 1. The summed E-state index contributed by atoms with van der Waals surface area (Å²) in [6.07, 6.45) is 19.1. The summed E-state index contributed by atoms with van der Waals surface area (Å²) in [5, 5.41) is 9.90. The molecule has 2 heteroatoms. The molecule has 2 aromatic rings. The van der Waals surface area contributed by atoms with Gasteiger partial charge >= 0.3 is 0 Å². The Morgan fingerprint density at radius 3 is 2.29 bits per heavy atom. The van der Waals surface area contributed by atoms with Crippen LogP contribution in [0, 0.1) is 22.7 Å². The first kappa shape index (κ1) is 26.5. The van der Waals surface area contributed by atoms with Crippen LogP contribution in [-0.2, 0) is 6.42 Å². The summed E-state index contributed by atoms with van der Waals surface area (Å²) < 4.78 is 0. The Morgan fingerprint density at radius 2 is 1.68 bits per heavy atom. The number of pyridine rings is 1. The van der Waals surface area contributed by atoms with Crippen molar-refractivity contribution in [2.75, 3.05) is 0 Å². The van der Waals surface area contributed by atoms with Crippen molar-refractivity contribution in [1.29, 1.82) is 5.26 Å². The largest absolute Gasteiger partial charge is 0.256 e. The maximum absolute atomic E-state index is 9.90. The number of nitrogens with zero attached hydrogens (tertiary/aromatic N) is 2. The molecule has 1 atom stereocenters. The number of rotatable bonds is 13. The molecule has 1 fully saturated rings. The van der Waals surface area contributed by atoms with Crippen molar-refractivity contribution < 1.29 is 0 Å². The molecule has 0 saturated heterocycles. The first-order valence-corrected chi connectivity index (χ1v) is 14.1. The Balaban J connectivity index is 1.49. The van der Waals surface area contributed by atoms with Crippen molar-refractivity contribution in [2.24, 2.45) is 11.3 Å². The molecular formula is C32H46N2. The number of aryl methyl sites for hydroxylation is 1. The average molecular weight is 459 g/mol. The Hall–Kier alpha value is -2.14. The standard InChI is InChI=1S/C32H46N2/c1-4-6-7-8-9-10-11-27-12-17-31(34-24-27)30-15-13-28(14-16-30)29-19-22-32(25-33,23-20-29)21-18-26(3)5-2/h12-17,24,26,29H,4-11,18-23H2,1-3H3/t26-,29?,32?/m0/s1. The fraction of sp³-hybridized carbons (Fsp3) is 0.625. The molecule has 1 aromatic heterocycles. The molecule has 0 aliphatic heterocycles. The monoisotopic (exact) mass is 458 g/mol. The molecule has 1 heterocycles. The van der Waals surface area contributed by atoms with Gasteiger partial charge in [-0.05, 0) is 80.4 Å². The van der Waals surface area contributed by atoms with E-state index in [-0.39, 0.29) is 5.41 Å². The quantitative estimate of drug-likeness (QED) is 0.280. The zero-order valence-electron chi connectivity index (χ0n) is 22.0. The predicted octanol–water partition coefficient (Wildman–Crippen LogP) is 9.65. The maximum atomic E-state index is 9.90. The minimum atomic E-state index is -0.0823. The van der Waals surface area contributed by atoms with Crippen LogP contribution in [-0.4, -0.2) is 4.98 Å². The van der Waals surface area contributed by atoms with Crippen LogP contribution in [0.3, 0.4) is 0 Å². The third kappa shape index (κ3) is 7.69. The lowest BCUT2D eigenvalue weighted by Gasteiger charge is -2.36. The van der Waals surface area contributed by atoms with Crippen molar-refractivity contribution in [3.05, 3.63) is 53.7 Å². The molecular weight excluding hydrogens is 412 g/mol. The van der Waals surface area contributed by atoms with Gasteiger partial charge in [0.05, 0.1) is 17.2 Å². The zero-order valence-corrected chi connectivity index (χ0v) is 22.0. The van der Waals surface area contributed by atoms with Crippen molar-refractivity contribution in [3.8, 4) is 17.3 Å². The van der Waals surface area contributed by atoms with E-state index in [1.165, 1.54) is 68.1 Å². The van der Waals surface area contributed by atoms with Crippen LogP contribution in [0.15, 0.2) is 42.6 Å². The van der Waals surface area contributed by atoms with Crippen molar-refractivity contribution in [2.45, 2.75) is 117 Å². The summed E-state index contributed by atoms with van der Waals surface area (Å²) in [6.45, 7) is 6.84. The minimum Gasteiger partial charge on any atom is -0.256 e. The Morgan fingerprint density at radius 1 is 0.971 bits per heavy atom. The average Bonchev–Trinajstić information content (AvgIpc) is 2.90. The predicted molar refractivity (Wildman–Crippen MR) is 145 cm³/mol. The van der Waals surface area contributed by atoms with E-state index in [2.05, 4.69) is 69.4 Å². The second-order valence-electron chi connectivity index (χ2n) is 10.9. The highest BCUT2D eigenvalue weighted by molar-refractivity contribution is 5.59. The lowest BCUT2D eigenvalue weighted by Crippen LogP contribution is -2.26. The van der Waals surface area contributed by atoms with Crippen LogP contribution in [0.2, 0.25) is 0 Å². The molecule has 1 saturated carbocycles. The second kappa shape index (κ2) is 13.7. The molecule has 0 bridgehead atoms. The highest BCUT2D eigenvalue weighted by atomic mass is 14.7. The van der Waals surface area contributed by atoms with Crippen molar-refractivity contribution >= 4 is 0 Å². The third-order valence-electron chi connectivity index (χ3n) is 8.31. The van der Waals surface area contributed by atoms with Crippen LogP contribution in [0.4, 0.5) is 0 Å². The molecule has 0 spiro atoms. The molecule has 1 aliphatic rings. The molecule has 184 valence electrons. The molecule has 2 nitrogen and oxygen atoms in total. The van der Waals surface area contributed by atoms with Gasteiger partial charge in [0, 0.05) is 11.8 Å². The van der Waals surface area contributed by atoms with Gasteiger partial charge in [0.2, 0.25) is 0 Å². The first-order chi connectivity index (χ1) is 16.6. The van der Waals surface area contributed by atoms with Gasteiger partial charge in [-0.2, -0.15) is 5.26 Å². The first-order valence-electron chi connectivity index (χ1n) is 14.1. The Labute approximate surface area is 209 Å². The highest BCUT2D eigenvalue weighted by Gasteiger charge is 2.35. The normalized spacial score (nSPS) is 21.2. The van der Waals surface area contributed by atoms with Gasteiger partial charge in [0.1, 0.15) is 0 Å². The Bertz CT molecular complexity index is 867. The van der Waals surface area contributed by atoms with Crippen LogP contribution in [0.25, 0.3) is 11.3 Å². The highest BCUT2D eigenvalue weighted by Crippen LogP contribution is 2.46. The number of hydrogen-bond donors (Lipinski definition) is 0. The lowest BCUT2D eigenvalue weighted by molar-refractivity contribution is 0.213. The molecule has 34 heavy (non-hydrogen) atoms. The summed E-state index contributed by atoms with van der Waals surface area (Å²) in [7, 11) is 0. The smallest absolute Gasteiger partial charge is 0.0702 e. The molecule has 0 amide bonds. The van der Waals surface area contributed by atoms with Gasteiger partial charge < -0.3 is 0 Å². The fourth-order valence-electron chi connectivity index (χ4n) is 5.43. The molecule has 0 unspecified atom stereocenters. The number of unbranched alkanes of at least 4 members (excludes halogenated alkanes) is 5. The van der Waals surface area contributed by atoms with Gasteiger partial charge in [0.25, 0.3) is 0 Å². The van der Waals surface area contributed by atoms with Gasteiger partial charge in [-0.3, -0.25) is 4.98 Å². The van der Waals surface area contributed by atoms with Crippen LogP contribution in [0.1, 0.15) is 121 Å². The molecule has 0 radical (unpaired) electrons. The van der Waals surface area contributed by atoms with Gasteiger partial charge in [0.15, 0.2) is 0 Å². The summed E-state index contributed by atoms with van der Waals surface area (Å²) in [6, 6.07) is 16.2. The molecule has 1 aromatic carbocycles. The Kier molecular flexibility index (Phi) is 10.6. The molecule has 0 N–H and O–H groups in total. The number of hydrogen-bond acceptors (Lipinski definition) is 2. The second-order valence-corrected chi connectivity index (χ2v) is 10.9. The van der Waals surface area contributed by atoms with Crippen molar-refractivity contribution in [3.63, 3.8) is 0 Å². The van der Waals surface area contributed by atoms with Crippen LogP contribution < -0.4 is 0 Å². The summed E-state index contributed by atoms with van der Waals surface area (Å²) in [5.41, 5.74) is 4.96.